The molecular formula is C24H15ClFNO5. The summed E-state index contributed by atoms with van der Waals surface area (Å²) >= 11 is 6.03. The molecule has 0 bridgehead atoms. The minimum Gasteiger partial charge on any atom is -0.496 e. The molecule has 0 amide bonds. The van der Waals surface area contributed by atoms with Gasteiger partial charge in [0.1, 0.15) is 17.3 Å². The van der Waals surface area contributed by atoms with Crippen molar-refractivity contribution in [3.05, 3.63) is 100.0 Å². The first-order chi connectivity index (χ1) is 15.4. The molecule has 0 saturated heterocycles. The molecule has 3 aromatic rings. The van der Waals surface area contributed by atoms with Gasteiger partial charge in [-0.1, -0.05) is 23.7 Å². The Morgan fingerprint density at radius 1 is 1.06 bits per heavy atom. The first-order valence-electron chi connectivity index (χ1n) is 9.37. The number of carbonyl (C=O) groups is 2. The molecule has 3 aromatic carbocycles. The van der Waals surface area contributed by atoms with E-state index in [1.54, 1.807) is 42.5 Å². The van der Waals surface area contributed by atoms with Gasteiger partial charge in [-0.25, -0.2) is 19.0 Å². The second kappa shape index (κ2) is 9.03. The van der Waals surface area contributed by atoms with Gasteiger partial charge in [0.25, 0.3) is 0 Å². The standard InChI is InChI=1S/C24H15ClFNO5/c1-30-21-11-6-16(25)13-19(21)22-27-20(24(29)32-22)12-14-2-9-18(10-3-14)31-23(28)15-4-7-17(26)8-5-15/h2-13H,1H3/b20-12-. The van der Waals surface area contributed by atoms with Gasteiger partial charge in [-0.15, -0.1) is 0 Å². The van der Waals surface area contributed by atoms with Gasteiger partial charge in [0.2, 0.25) is 5.90 Å². The van der Waals surface area contributed by atoms with E-state index in [1.807, 2.05) is 0 Å². The van der Waals surface area contributed by atoms with Crippen LogP contribution in [0.5, 0.6) is 11.5 Å². The molecule has 1 aliphatic heterocycles. The van der Waals surface area contributed by atoms with Crippen molar-refractivity contribution in [1.29, 1.82) is 0 Å². The quantitative estimate of drug-likeness (QED) is 0.308. The molecule has 0 aliphatic carbocycles. The van der Waals surface area contributed by atoms with Crippen LogP contribution in [0.1, 0.15) is 21.5 Å². The molecule has 32 heavy (non-hydrogen) atoms. The summed E-state index contributed by atoms with van der Waals surface area (Å²) in [5.74, 6) is -0.818. The predicted octanol–water partition coefficient (Wildman–Crippen LogP) is 5.05. The minimum absolute atomic E-state index is 0.0884. The number of nitrogens with zero attached hydrogens (tertiary/aromatic N) is 1. The minimum atomic E-state index is -0.617. The number of hydrogen-bond donors (Lipinski definition) is 0. The van der Waals surface area contributed by atoms with Gasteiger partial charge >= 0.3 is 11.9 Å². The maximum Gasteiger partial charge on any atom is 0.363 e. The van der Waals surface area contributed by atoms with Crippen molar-refractivity contribution in [2.24, 2.45) is 4.99 Å². The Morgan fingerprint density at radius 3 is 2.47 bits per heavy atom. The molecule has 160 valence electrons. The van der Waals surface area contributed by atoms with Crippen molar-refractivity contribution in [2.75, 3.05) is 7.11 Å². The second-order valence-corrected chi connectivity index (χ2v) is 7.08. The molecule has 0 saturated carbocycles. The number of cyclic esters (lactones) is 1. The third-order valence-corrected chi connectivity index (χ3v) is 4.72. The summed E-state index contributed by atoms with van der Waals surface area (Å²) in [5.41, 5.74) is 1.42. The van der Waals surface area contributed by atoms with Crippen LogP contribution in [-0.4, -0.2) is 24.9 Å². The number of aliphatic imine (C=N–C) groups is 1. The van der Waals surface area contributed by atoms with Crippen molar-refractivity contribution < 1.29 is 28.2 Å². The third-order valence-electron chi connectivity index (χ3n) is 4.49. The number of methoxy groups -OCH3 is 1. The van der Waals surface area contributed by atoms with Crippen LogP contribution >= 0.6 is 11.6 Å². The lowest BCUT2D eigenvalue weighted by molar-refractivity contribution is -0.129. The van der Waals surface area contributed by atoms with Crippen molar-refractivity contribution in [3.63, 3.8) is 0 Å². The van der Waals surface area contributed by atoms with E-state index in [1.165, 1.54) is 37.5 Å². The zero-order chi connectivity index (χ0) is 22.7. The van der Waals surface area contributed by atoms with Crippen LogP contribution in [0.3, 0.4) is 0 Å². The van der Waals surface area contributed by atoms with Crippen LogP contribution in [0.4, 0.5) is 4.39 Å². The first kappa shape index (κ1) is 21.3. The molecule has 0 atom stereocenters. The van der Waals surface area contributed by atoms with Gasteiger partial charge in [-0.05, 0) is 66.2 Å². The summed E-state index contributed by atoms with van der Waals surface area (Å²) in [5, 5.41) is 0.447. The molecule has 0 N–H and O–H groups in total. The summed E-state index contributed by atoms with van der Waals surface area (Å²) in [6, 6.07) is 16.4. The van der Waals surface area contributed by atoms with Crippen LogP contribution < -0.4 is 9.47 Å². The number of esters is 2. The highest BCUT2D eigenvalue weighted by Gasteiger charge is 2.26. The first-order valence-corrected chi connectivity index (χ1v) is 9.75. The molecular weight excluding hydrogens is 437 g/mol. The Hall–Kier alpha value is -3.97. The number of benzene rings is 3. The smallest absolute Gasteiger partial charge is 0.363 e. The largest absolute Gasteiger partial charge is 0.496 e. The Labute approximate surface area is 187 Å². The van der Waals surface area contributed by atoms with E-state index in [4.69, 9.17) is 25.8 Å². The SMILES string of the molecule is COc1ccc(Cl)cc1C1=N/C(=C\c2ccc(OC(=O)c3ccc(F)cc3)cc2)C(=O)O1. The fourth-order valence-electron chi connectivity index (χ4n) is 2.91. The zero-order valence-corrected chi connectivity index (χ0v) is 17.4. The molecule has 1 heterocycles. The topological polar surface area (TPSA) is 74.2 Å². The van der Waals surface area contributed by atoms with Crippen LogP contribution in [0.25, 0.3) is 6.08 Å². The molecule has 6 nitrogen and oxygen atoms in total. The predicted molar refractivity (Wildman–Crippen MR) is 116 cm³/mol. The summed E-state index contributed by atoms with van der Waals surface area (Å²) in [4.78, 5) is 28.6. The maximum absolute atomic E-state index is 13.0. The maximum atomic E-state index is 13.0. The van der Waals surface area contributed by atoms with E-state index >= 15 is 0 Å². The highest BCUT2D eigenvalue weighted by molar-refractivity contribution is 6.31. The average Bonchev–Trinajstić information content (AvgIpc) is 3.15. The molecule has 0 aromatic heterocycles. The third kappa shape index (κ3) is 4.68. The average molecular weight is 452 g/mol. The van der Waals surface area contributed by atoms with E-state index in [9.17, 15) is 14.0 Å². The Bertz CT molecular complexity index is 1250. The van der Waals surface area contributed by atoms with Gasteiger partial charge in [0.15, 0.2) is 5.70 Å². The summed E-state index contributed by atoms with van der Waals surface area (Å²) in [6.45, 7) is 0. The van der Waals surface area contributed by atoms with Crippen molar-refractivity contribution >= 4 is 35.5 Å². The van der Waals surface area contributed by atoms with Crippen LogP contribution in [-0.2, 0) is 9.53 Å². The monoisotopic (exact) mass is 451 g/mol. The fraction of sp³-hybridized carbons (Fsp3) is 0.0417. The summed E-state index contributed by atoms with van der Waals surface area (Å²) in [6.07, 6.45) is 1.54. The number of ether oxygens (including phenoxy) is 3. The number of rotatable bonds is 5. The number of carbonyl (C=O) groups excluding carboxylic acids is 2. The van der Waals surface area contributed by atoms with Gasteiger partial charge in [-0.2, -0.15) is 0 Å². The van der Waals surface area contributed by atoms with E-state index < -0.39 is 17.8 Å². The second-order valence-electron chi connectivity index (χ2n) is 6.65. The molecule has 8 heteroatoms. The molecule has 1 aliphatic rings. The van der Waals surface area contributed by atoms with Crippen molar-refractivity contribution in [2.45, 2.75) is 0 Å². The van der Waals surface area contributed by atoms with E-state index in [-0.39, 0.29) is 17.2 Å². The Morgan fingerprint density at radius 2 is 1.78 bits per heavy atom. The molecule has 0 fully saturated rings. The fourth-order valence-corrected chi connectivity index (χ4v) is 3.09. The van der Waals surface area contributed by atoms with Crippen LogP contribution in [0, 0.1) is 5.82 Å². The van der Waals surface area contributed by atoms with Crippen LogP contribution in [0.2, 0.25) is 5.02 Å². The zero-order valence-electron chi connectivity index (χ0n) is 16.7. The lowest BCUT2D eigenvalue weighted by atomic mass is 10.2. The Kier molecular flexibility index (Phi) is 6.00. The summed E-state index contributed by atoms with van der Waals surface area (Å²) < 4.78 is 28.8. The van der Waals surface area contributed by atoms with Gasteiger partial charge < -0.3 is 14.2 Å². The molecule has 4 rings (SSSR count). The highest BCUT2D eigenvalue weighted by atomic mass is 35.5. The molecule has 0 unspecified atom stereocenters. The molecule has 0 radical (unpaired) electrons. The van der Waals surface area contributed by atoms with E-state index in [0.29, 0.717) is 27.6 Å². The lowest BCUT2D eigenvalue weighted by Crippen LogP contribution is -2.08. The number of hydrogen-bond acceptors (Lipinski definition) is 6. The Balaban J connectivity index is 1.51. The van der Waals surface area contributed by atoms with E-state index in [2.05, 4.69) is 4.99 Å². The van der Waals surface area contributed by atoms with Crippen molar-refractivity contribution in [1.82, 2.24) is 0 Å². The lowest BCUT2D eigenvalue weighted by Gasteiger charge is -2.07. The van der Waals surface area contributed by atoms with Gasteiger partial charge in [0.05, 0.1) is 18.2 Å². The van der Waals surface area contributed by atoms with Gasteiger partial charge in [0, 0.05) is 5.02 Å². The van der Waals surface area contributed by atoms with E-state index in [0.717, 1.165) is 0 Å². The van der Waals surface area contributed by atoms with Gasteiger partial charge in [-0.3, -0.25) is 0 Å². The normalized spacial score (nSPS) is 14.2. The summed E-state index contributed by atoms with van der Waals surface area (Å²) in [7, 11) is 1.49. The van der Waals surface area contributed by atoms with Crippen LogP contribution in [0.15, 0.2) is 77.4 Å². The molecule has 0 spiro atoms. The number of halogens is 2. The van der Waals surface area contributed by atoms with Crippen molar-refractivity contribution in [3.8, 4) is 11.5 Å². The highest BCUT2D eigenvalue weighted by Crippen LogP contribution is 2.28.